The molecule has 6 heteroatoms. The minimum absolute atomic E-state index is 0.107. The van der Waals surface area contributed by atoms with Gasteiger partial charge in [-0.3, -0.25) is 9.59 Å². The zero-order valence-corrected chi connectivity index (χ0v) is 12.8. The van der Waals surface area contributed by atoms with Gasteiger partial charge in [-0.1, -0.05) is 23.7 Å². The first-order chi connectivity index (χ1) is 10.5. The third kappa shape index (κ3) is 5.10. The van der Waals surface area contributed by atoms with Gasteiger partial charge < -0.3 is 16.0 Å². The molecule has 0 radical (unpaired) electrons. The van der Waals surface area contributed by atoms with Crippen molar-refractivity contribution in [2.24, 2.45) is 0 Å². The first kappa shape index (κ1) is 15.9. The maximum Gasteiger partial charge on any atom is 0.243 e. The highest BCUT2D eigenvalue weighted by Gasteiger charge is 2.03. The standard InChI is InChI=1S/C16H16ClN3O2/c1-11(21)19-15-7-3-5-13(9-15)18-10-16(22)20-14-6-2-4-12(17)8-14/h2-9,18H,10H2,1H3,(H,19,21)(H,20,22). The summed E-state index contributed by atoms with van der Waals surface area (Å²) in [4.78, 5) is 22.9. The molecule has 0 saturated heterocycles. The summed E-state index contributed by atoms with van der Waals surface area (Å²) in [6.45, 7) is 1.55. The van der Waals surface area contributed by atoms with Crippen LogP contribution in [0.2, 0.25) is 5.02 Å². The minimum Gasteiger partial charge on any atom is -0.376 e. The van der Waals surface area contributed by atoms with Crippen LogP contribution in [0, 0.1) is 0 Å². The van der Waals surface area contributed by atoms with E-state index in [1.54, 1.807) is 42.5 Å². The second-order valence-electron chi connectivity index (χ2n) is 4.67. The Bertz CT molecular complexity index is 689. The third-order valence-electron chi connectivity index (χ3n) is 2.74. The number of amides is 2. The maximum absolute atomic E-state index is 11.9. The number of halogens is 1. The lowest BCUT2D eigenvalue weighted by Crippen LogP contribution is -2.21. The molecule has 0 fully saturated rings. The van der Waals surface area contributed by atoms with E-state index in [9.17, 15) is 9.59 Å². The summed E-state index contributed by atoms with van der Waals surface area (Å²) < 4.78 is 0. The molecule has 0 spiro atoms. The SMILES string of the molecule is CC(=O)Nc1cccc(NCC(=O)Nc2cccc(Cl)c2)c1. The molecule has 2 rings (SSSR count). The topological polar surface area (TPSA) is 70.2 Å². The van der Waals surface area contributed by atoms with Crippen molar-refractivity contribution in [2.45, 2.75) is 6.92 Å². The molecule has 0 bridgehead atoms. The second kappa shape index (κ2) is 7.47. The number of anilines is 3. The lowest BCUT2D eigenvalue weighted by atomic mass is 10.2. The molecule has 3 N–H and O–H groups in total. The Kier molecular flexibility index (Phi) is 5.38. The fraction of sp³-hybridized carbons (Fsp3) is 0.125. The molecular weight excluding hydrogens is 302 g/mol. The Hall–Kier alpha value is -2.53. The lowest BCUT2D eigenvalue weighted by Gasteiger charge is -2.09. The zero-order valence-electron chi connectivity index (χ0n) is 12.0. The molecule has 0 aliphatic heterocycles. The van der Waals surface area contributed by atoms with Crippen molar-refractivity contribution in [1.82, 2.24) is 0 Å². The molecular formula is C16H16ClN3O2. The summed E-state index contributed by atoms with van der Waals surface area (Å²) in [5.41, 5.74) is 2.06. The normalized spacial score (nSPS) is 9.91. The Balaban J connectivity index is 1.89. The van der Waals surface area contributed by atoms with E-state index in [1.807, 2.05) is 6.07 Å². The number of hydrogen-bond donors (Lipinski definition) is 3. The molecule has 0 atom stereocenters. The quantitative estimate of drug-likeness (QED) is 0.792. The molecule has 2 aromatic rings. The van der Waals surface area contributed by atoms with E-state index in [2.05, 4.69) is 16.0 Å². The Morgan fingerprint density at radius 1 is 0.955 bits per heavy atom. The average molecular weight is 318 g/mol. The predicted molar refractivity (Wildman–Crippen MR) is 89.3 cm³/mol. The van der Waals surface area contributed by atoms with E-state index in [0.29, 0.717) is 16.4 Å². The molecule has 0 heterocycles. The zero-order chi connectivity index (χ0) is 15.9. The van der Waals surface area contributed by atoms with Gasteiger partial charge in [0.05, 0.1) is 6.54 Å². The molecule has 5 nitrogen and oxygen atoms in total. The van der Waals surface area contributed by atoms with Gasteiger partial charge in [-0.15, -0.1) is 0 Å². The summed E-state index contributed by atoms with van der Waals surface area (Å²) in [6.07, 6.45) is 0. The molecule has 0 unspecified atom stereocenters. The molecule has 0 saturated carbocycles. The third-order valence-corrected chi connectivity index (χ3v) is 2.98. The molecule has 0 aliphatic rings. The van der Waals surface area contributed by atoms with Gasteiger partial charge in [-0.05, 0) is 36.4 Å². The van der Waals surface area contributed by atoms with Crippen molar-refractivity contribution < 1.29 is 9.59 Å². The highest BCUT2D eigenvalue weighted by molar-refractivity contribution is 6.30. The fourth-order valence-corrected chi connectivity index (χ4v) is 2.05. The van der Waals surface area contributed by atoms with Crippen LogP contribution in [0.4, 0.5) is 17.1 Å². The van der Waals surface area contributed by atoms with E-state index in [4.69, 9.17) is 11.6 Å². The summed E-state index contributed by atoms with van der Waals surface area (Å²) in [7, 11) is 0. The van der Waals surface area contributed by atoms with Gasteiger partial charge in [-0.2, -0.15) is 0 Å². The summed E-state index contributed by atoms with van der Waals surface area (Å²) >= 11 is 5.86. The number of carbonyl (C=O) groups excluding carboxylic acids is 2. The number of nitrogens with one attached hydrogen (secondary N) is 3. The van der Waals surface area contributed by atoms with Crippen molar-refractivity contribution in [1.29, 1.82) is 0 Å². The van der Waals surface area contributed by atoms with Crippen LogP contribution >= 0.6 is 11.6 Å². The van der Waals surface area contributed by atoms with E-state index < -0.39 is 0 Å². The monoisotopic (exact) mass is 317 g/mol. The molecule has 0 aliphatic carbocycles. The summed E-state index contributed by atoms with van der Waals surface area (Å²) in [5, 5.41) is 8.99. The number of rotatable bonds is 5. The molecule has 2 aromatic carbocycles. The van der Waals surface area contributed by atoms with Gasteiger partial charge in [0.15, 0.2) is 0 Å². The summed E-state index contributed by atoms with van der Waals surface area (Å²) in [5.74, 6) is -0.331. The number of hydrogen-bond acceptors (Lipinski definition) is 3. The number of benzene rings is 2. The van der Waals surface area contributed by atoms with Crippen LogP contribution in [0.5, 0.6) is 0 Å². The minimum atomic E-state index is -0.188. The van der Waals surface area contributed by atoms with Gasteiger partial charge in [0.1, 0.15) is 0 Å². The van der Waals surface area contributed by atoms with Crippen LogP contribution in [0.3, 0.4) is 0 Å². The Morgan fingerprint density at radius 3 is 2.27 bits per heavy atom. The molecule has 22 heavy (non-hydrogen) atoms. The Morgan fingerprint density at radius 2 is 1.59 bits per heavy atom. The highest BCUT2D eigenvalue weighted by atomic mass is 35.5. The van der Waals surface area contributed by atoms with Crippen LogP contribution in [-0.2, 0) is 9.59 Å². The maximum atomic E-state index is 11.9. The van der Waals surface area contributed by atoms with Crippen molar-refractivity contribution in [2.75, 3.05) is 22.5 Å². The first-order valence-corrected chi connectivity index (χ1v) is 7.08. The fourth-order valence-electron chi connectivity index (χ4n) is 1.86. The predicted octanol–water partition coefficient (Wildman–Crippen LogP) is 3.35. The van der Waals surface area contributed by atoms with Gasteiger partial charge in [0.25, 0.3) is 0 Å². The van der Waals surface area contributed by atoms with E-state index in [-0.39, 0.29) is 18.4 Å². The van der Waals surface area contributed by atoms with E-state index >= 15 is 0 Å². The largest absolute Gasteiger partial charge is 0.376 e. The van der Waals surface area contributed by atoms with Gasteiger partial charge in [0.2, 0.25) is 11.8 Å². The van der Waals surface area contributed by atoms with Crippen LogP contribution < -0.4 is 16.0 Å². The van der Waals surface area contributed by atoms with E-state index in [1.165, 1.54) is 6.92 Å². The molecule has 0 aromatic heterocycles. The van der Waals surface area contributed by atoms with Crippen LogP contribution in [0.1, 0.15) is 6.92 Å². The highest BCUT2D eigenvalue weighted by Crippen LogP contribution is 2.16. The molecule has 114 valence electrons. The van der Waals surface area contributed by atoms with Crippen molar-refractivity contribution in [3.05, 3.63) is 53.6 Å². The lowest BCUT2D eigenvalue weighted by molar-refractivity contribution is -0.115. The Labute approximate surface area is 133 Å². The van der Waals surface area contributed by atoms with Crippen molar-refractivity contribution in [3.63, 3.8) is 0 Å². The van der Waals surface area contributed by atoms with Crippen molar-refractivity contribution >= 4 is 40.5 Å². The summed E-state index contributed by atoms with van der Waals surface area (Å²) in [6, 6.07) is 14.1. The number of carbonyl (C=O) groups is 2. The van der Waals surface area contributed by atoms with Crippen LogP contribution in [-0.4, -0.2) is 18.4 Å². The first-order valence-electron chi connectivity index (χ1n) is 6.70. The van der Waals surface area contributed by atoms with Crippen LogP contribution in [0.25, 0.3) is 0 Å². The van der Waals surface area contributed by atoms with Gasteiger partial charge in [-0.25, -0.2) is 0 Å². The average Bonchev–Trinajstić information content (AvgIpc) is 2.45. The van der Waals surface area contributed by atoms with Gasteiger partial charge >= 0.3 is 0 Å². The van der Waals surface area contributed by atoms with Crippen molar-refractivity contribution in [3.8, 4) is 0 Å². The smallest absolute Gasteiger partial charge is 0.243 e. The second-order valence-corrected chi connectivity index (χ2v) is 5.11. The van der Waals surface area contributed by atoms with Gasteiger partial charge in [0, 0.05) is 29.0 Å². The van der Waals surface area contributed by atoms with E-state index in [0.717, 1.165) is 5.69 Å². The van der Waals surface area contributed by atoms with Crippen LogP contribution in [0.15, 0.2) is 48.5 Å². The molecule has 2 amide bonds.